The molecule has 1 aromatic carbocycles. The number of aromatic hydroxyl groups is 2. The van der Waals surface area contributed by atoms with Crippen molar-refractivity contribution in [2.75, 3.05) is 39.0 Å². The first-order valence-electron chi connectivity index (χ1n) is 9.26. The van der Waals surface area contributed by atoms with Gasteiger partial charge in [0.2, 0.25) is 6.79 Å². The van der Waals surface area contributed by atoms with E-state index >= 15 is 0 Å². The Balaban J connectivity index is 1.58. The molecule has 0 saturated carbocycles. The molecule has 0 radical (unpaired) electrons. The Morgan fingerprint density at radius 1 is 1.36 bits per heavy atom. The second-order valence-corrected chi connectivity index (χ2v) is 8.27. The molecule has 8 nitrogen and oxygen atoms in total. The smallest absolute Gasteiger partial charge is 0.340 e. The first-order chi connectivity index (χ1) is 13.3. The van der Waals surface area contributed by atoms with Gasteiger partial charge in [-0.1, -0.05) is 0 Å². The average molecular weight is 415 g/mol. The SMILES string of the molecule is Cc1cc(O)c(O)cc1C(=O)OCOSCNC(C)(C)CNCC1CCOC1. The summed E-state index contributed by atoms with van der Waals surface area (Å²) >= 11 is 1.16. The van der Waals surface area contributed by atoms with Crippen molar-refractivity contribution >= 4 is 18.0 Å². The summed E-state index contributed by atoms with van der Waals surface area (Å²) in [6, 6.07) is 2.48. The maximum atomic E-state index is 12.0. The number of carbonyl (C=O) groups excluding carboxylic acids is 1. The van der Waals surface area contributed by atoms with E-state index < -0.39 is 5.97 Å². The predicted octanol–water partition coefficient (Wildman–Crippen LogP) is 2.14. The largest absolute Gasteiger partial charge is 0.504 e. The molecule has 158 valence electrons. The quantitative estimate of drug-likeness (QED) is 0.142. The molecule has 1 unspecified atom stereocenters. The molecule has 9 heteroatoms. The summed E-state index contributed by atoms with van der Waals surface area (Å²) in [5.74, 6) is -0.129. The Bertz CT molecular complexity index is 650. The highest BCUT2D eigenvalue weighted by molar-refractivity contribution is 7.94. The second kappa shape index (κ2) is 10.9. The number of ether oxygens (including phenoxy) is 2. The summed E-state index contributed by atoms with van der Waals surface area (Å²) in [4.78, 5) is 12.0. The molecule has 0 amide bonds. The third kappa shape index (κ3) is 7.48. The zero-order valence-corrected chi connectivity index (χ0v) is 17.4. The van der Waals surface area contributed by atoms with E-state index in [0.717, 1.165) is 44.8 Å². The Morgan fingerprint density at radius 3 is 2.82 bits per heavy atom. The highest BCUT2D eigenvalue weighted by Gasteiger charge is 2.19. The molecule has 2 rings (SSSR count). The van der Waals surface area contributed by atoms with E-state index in [1.165, 1.54) is 12.1 Å². The Hall–Kier alpha value is -1.52. The number of rotatable bonds is 11. The summed E-state index contributed by atoms with van der Waals surface area (Å²) in [6.45, 7) is 9.11. The van der Waals surface area contributed by atoms with E-state index in [4.69, 9.17) is 13.7 Å². The van der Waals surface area contributed by atoms with Crippen molar-refractivity contribution in [2.24, 2.45) is 5.92 Å². The molecule has 0 spiro atoms. The maximum Gasteiger partial charge on any atom is 0.340 e. The number of esters is 1. The maximum absolute atomic E-state index is 12.0. The Labute approximate surface area is 170 Å². The van der Waals surface area contributed by atoms with Crippen LogP contribution in [0.4, 0.5) is 0 Å². The number of carbonyl (C=O) groups is 1. The van der Waals surface area contributed by atoms with Gasteiger partial charge in [-0.15, -0.1) is 0 Å². The predicted molar refractivity (Wildman–Crippen MR) is 107 cm³/mol. The van der Waals surface area contributed by atoms with Gasteiger partial charge in [0.25, 0.3) is 0 Å². The van der Waals surface area contributed by atoms with E-state index in [2.05, 4.69) is 24.5 Å². The van der Waals surface area contributed by atoms with Gasteiger partial charge in [0.05, 0.1) is 18.0 Å². The van der Waals surface area contributed by atoms with Gasteiger partial charge in [0, 0.05) is 37.3 Å². The van der Waals surface area contributed by atoms with Crippen molar-refractivity contribution in [2.45, 2.75) is 32.7 Å². The number of hydrogen-bond acceptors (Lipinski definition) is 9. The number of aryl methyl sites for hydroxylation is 1. The summed E-state index contributed by atoms with van der Waals surface area (Å²) in [7, 11) is 0. The molecule has 1 heterocycles. The molecule has 1 fully saturated rings. The van der Waals surface area contributed by atoms with Gasteiger partial charge in [-0.25, -0.2) is 4.79 Å². The first-order valence-corrected chi connectivity index (χ1v) is 10.2. The fourth-order valence-electron chi connectivity index (χ4n) is 2.75. The lowest BCUT2D eigenvalue weighted by molar-refractivity contribution is 0.0210. The Morgan fingerprint density at radius 2 is 2.11 bits per heavy atom. The minimum atomic E-state index is -0.623. The van der Waals surface area contributed by atoms with Crippen LogP contribution in [0.2, 0.25) is 0 Å². The molecule has 0 bridgehead atoms. The van der Waals surface area contributed by atoms with E-state index in [9.17, 15) is 15.0 Å². The monoisotopic (exact) mass is 414 g/mol. The highest BCUT2D eigenvalue weighted by atomic mass is 32.2. The van der Waals surface area contributed by atoms with E-state index in [-0.39, 0.29) is 29.4 Å². The standard InChI is InChI=1S/C19H30N2O6S/c1-13-6-16(22)17(23)7-15(13)18(24)26-12-27-28-11-21-19(2,3)10-20-8-14-4-5-25-9-14/h6-7,14,20-23H,4-5,8-12H2,1-3H3. The van der Waals surface area contributed by atoms with Crippen molar-refractivity contribution in [3.63, 3.8) is 0 Å². The average Bonchev–Trinajstić information content (AvgIpc) is 3.14. The third-order valence-electron chi connectivity index (χ3n) is 4.50. The lowest BCUT2D eigenvalue weighted by atomic mass is 10.1. The van der Waals surface area contributed by atoms with Crippen LogP contribution in [0.5, 0.6) is 11.5 Å². The number of benzene rings is 1. The highest BCUT2D eigenvalue weighted by Crippen LogP contribution is 2.28. The molecule has 4 N–H and O–H groups in total. The molecule has 28 heavy (non-hydrogen) atoms. The summed E-state index contributed by atoms with van der Waals surface area (Å²) in [5.41, 5.74) is 0.586. The Kier molecular flexibility index (Phi) is 8.84. The van der Waals surface area contributed by atoms with Gasteiger partial charge in [-0.3, -0.25) is 9.50 Å². The topological polar surface area (TPSA) is 109 Å². The lowest BCUT2D eigenvalue weighted by Gasteiger charge is -2.27. The fourth-order valence-corrected chi connectivity index (χ4v) is 3.40. The summed E-state index contributed by atoms with van der Waals surface area (Å²) in [6.07, 6.45) is 1.12. The molecule has 1 atom stereocenters. The number of phenols is 2. The van der Waals surface area contributed by atoms with Gasteiger partial charge < -0.3 is 25.0 Å². The third-order valence-corrected chi connectivity index (χ3v) is 5.02. The van der Waals surface area contributed by atoms with Crippen molar-refractivity contribution in [3.05, 3.63) is 23.3 Å². The van der Waals surface area contributed by atoms with Crippen molar-refractivity contribution in [1.29, 1.82) is 0 Å². The molecule has 0 aromatic heterocycles. The minimum Gasteiger partial charge on any atom is -0.504 e. The zero-order chi connectivity index (χ0) is 20.6. The number of nitrogens with one attached hydrogen (secondary N) is 2. The first kappa shape index (κ1) is 22.8. The molecular weight excluding hydrogens is 384 g/mol. The van der Waals surface area contributed by atoms with Crippen LogP contribution in [0.25, 0.3) is 0 Å². The lowest BCUT2D eigenvalue weighted by Crippen LogP contribution is -2.48. The van der Waals surface area contributed by atoms with Crippen LogP contribution in [0.3, 0.4) is 0 Å². The number of hydrogen-bond donors (Lipinski definition) is 4. The second-order valence-electron chi connectivity index (χ2n) is 7.51. The van der Waals surface area contributed by atoms with Gasteiger partial charge in [0.1, 0.15) is 0 Å². The van der Waals surface area contributed by atoms with Gasteiger partial charge >= 0.3 is 5.97 Å². The van der Waals surface area contributed by atoms with E-state index in [0.29, 0.717) is 17.4 Å². The summed E-state index contributed by atoms with van der Waals surface area (Å²) in [5, 5.41) is 25.7. The van der Waals surface area contributed by atoms with Crippen LogP contribution < -0.4 is 10.6 Å². The van der Waals surface area contributed by atoms with Crippen LogP contribution in [-0.2, 0) is 13.7 Å². The molecule has 1 saturated heterocycles. The van der Waals surface area contributed by atoms with Crippen LogP contribution >= 0.6 is 12.0 Å². The molecule has 1 aliphatic heterocycles. The summed E-state index contributed by atoms with van der Waals surface area (Å²) < 4.78 is 15.7. The van der Waals surface area contributed by atoms with E-state index in [1.54, 1.807) is 6.92 Å². The number of phenolic OH excluding ortho intramolecular Hbond substituents is 2. The van der Waals surface area contributed by atoms with Crippen molar-refractivity contribution in [1.82, 2.24) is 10.6 Å². The van der Waals surface area contributed by atoms with Gasteiger partial charge in [0.15, 0.2) is 11.5 Å². The van der Waals surface area contributed by atoms with E-state index in [1.807, 2.05) is 0 Å². The zero-order valence-electron chi connectivity index (χ0n) is 16.6. The van der Waals surface area contributed by atoms with Crippen LogP contribution in [0, 0.1) is 12.8 Å². The fraction of sp³-hybridized carbons (Fsp3) is 0.632. The van der Waals surface area contributed by atoms with Gasteiger partial charge in [-0.05, 0) is 50.8 Å². The molecule has 1 aliphatic rings. The molecular formula is C19H30N2O6S. The van der Waals surface area contributed by atoms with Crippen molar-refractivity contribution < 1.29 is 28.7 Å². The molecule has 1 aromatic rings. The van der Waals surface area contributed by atoms with Crippen LogP contribution in [0.15, 0.2) is 12.1 Å². The van der Waals surface area contributed by atoms with Crippen LogP contribution in [-0.4, -0.2) is 60.7 Å². The van der Waals surface area contributed by atoms with Crippen molar-refractivity contribution in [3.8, 4) is 11.5 Å². The van der Waals surface area contributed by atoms with Gasteiger partial charge in [-0.2, -0.15) is 0 Å². The molecule has 0 aliphatic carbocycles. The normalized spacial score (nSPS) is 17.0. The van der Waals surface area contributed by atoms with Crippen LogP contribution in [0.1, 0.15) is 36.2 Å². The minimum absolute atomic E-state index is 0.104.